The molecule has 2 rings (SSSR count). The first kappa shape index (κ1) is 16.9. The van der Waals surface area contributed by atoms with Gasteiger partial charge in [-0.05, 0) is 49.1 Å². The highest BCUT2D eigenvalue weighted by Crippen LogP contribution is 2.15. The molecular weight excluding hydrogens is 292 g/mol. The number of carbonyl (C=O) groups is 1. The summed E-state index contributed by atoms with van der Waals surface area (Å²) in [5.41, 5.74) is 0.984. The number of para-hydroxylation sites is 1. The van der Waals surface area contributed by atoms with Crippen LogP contribution in [0.15, 0.2) is 54.6 Å². The number of hydrogen-bond donors (Lipinski definition) is 1. The molecule has 1 N–H and O–H groups in total. The third-order valence-electron chi connectivity index (χ3n) is 3.35. The summed E-state index contributed by atoms with van der Waals surface area (Å²) in [6.45, 7) is 1.30. The van der Waals surface area contributed by atoms with E-state index >= 15 is 0 Å². The summed E-state index contributed by atoms with van der Waals surface area (Å²) in [5, 5.41) is 8.71. The van der Waals surface area contributed by atoms with Crippen molar-refractivity contribution < 1.29 is 19.4 Å². The molecule has 122 valence electrons. The van der Waals surface area contributed by atoms with E-state index in [2.05, 4.69) is 0 Å². The van der Waals surface area contributed by atoms with Crippen LogP contribution in [-0.4, -0.2) is 24.3 Å². The molecule has 0 saturated carbocycles. The van der Waals surface area contributed by atoms with Crippen molar-refractivity contribution in [3.63, 3.8) is 0 Å². The van der Waals surface area contributed by atoms with Crippen LogP contribution in [0.2, 0.25) is 0 Å². The zero-order chi connectivity index (χ0) is 16.3. The van der Waals surface area contributed by atoms with Gasteiger partial charge in [0.25, 0.3) is 0 Å². The molecule has 0 unspecified atom stereocenters. The van der Waals surface area contributed by atoms with E-state index in [-0.39, 0.29) is 6.42 Å². The van der Waals surface area contributed by atoms with Crippen LogP contribution >= 0.6 is 0 Å². The van der Waals surface area contributed by atoms with Gasteiger partial charge in [-0.3, -0.25) is 4.79 Å². The number of unbranched alkanes of at least 4 members (excludes halogenated alkanes) is 1. The molecule has 4 nitrogen and oxygen atoms in total. The van der Waals surface area contributed by atoms with E-state index in [4.69, 9.17) is 14.6 Å². The first-order chi connectivity index (χ1) is 11.2. The number of benzene rings is 2. The molecule has 0 heterocycles. The molecular formula is C19H22O4. The molecule has 0 atom stereocenters. The maximum atomic E-state index is 10.6. The fourth-order valence-corrected chi connectivity index (χ4v) is 2.14. The first-order valence-corrected chi connectivity index (χ1v) is 7.85. The topological polar surface area (TPSA) is 55.8 Å². The monoisotopic (exact) mass is 314 g/mol. The minimum atomic E-state index is -0.783. The average molecular weight is 314 g/mol. The average Bonchev–Trinajstić information content (AvgIpc) is 2.57. The van der Waals surface area contributed by atoms with Crippen molar-refractivity contribution in [1.82, 2.24) is 0 Å². The van der Waals surface area contributed by atoms with Crippen LogP contribution < -0.4 is 9.47 Å². The van der Waals surface area contributed by atoms with Gasteiger partial charge in [0.05, 0.1) is 13.2 Å². The smallest absolute Gasteiger partial charge is 0.303 e. The summed E-state index contributed by atoms with van der Waals surface area (Å²) >= 11 is 0. The SMILES string of the molecule is O=C(O)CCc1cccc(OCCCCOc2ccccc2)c1. The van der Waals surface area contributed by atoms with Crippen molar-refractivity contribution in [3.05, 3.63) is 60.2 Å². The van der Waals surface area contributed by atoms with E-state index < -0.39 is 5.97 Å². The minimum absolute atomic E-state index is 0.139. The molecule has 2 aromatic carbocycles. The maximum absolute atomic E-state index is 10.6. The number of carboxylic acid groups (broad SMARTS) is 1. The third kappa shape index (κ3) is 6.87. The van der Waals surface area contributed by atoms with Gasteiger partial charge in [0.2, 0.25) is 0 Å². The normalized spacial score (nSPS) is 10.3. The van der Waals surface area contributed by atoms with E-state index in [1.54, 1.807) is 0 Å². The molecule has 0 spiro atoms. The first-order valence-electron chi connectivity index (χ1n) is 7.85. The van der Waals surface area contributed by atoms with Gasteiger partial charge in [-0.1, -0.05) is 30.3 Å². The molecule has 0 aliphatic heterocycles. The highest BCUT2D eigenvalue weighted by Gasteiger charge is 2.01. The highest BCUT2D eigenvalue weighted by atomic mass is 16.5. The van der Waals surface area contributed by atoms with Gasteiger partial charge in [-0.25, -0.2) is 0 Å². The highest BCUT2D eigenvalue weighted by molar-refractivity contribution is 5.67. The lowest BCUT2D eigenvalue weighted by molar-refractivity contribution is -0.136. The molecule has 2 aromatic rings. The quantitative estimate of drug-likeness (QED) is 0.675. The zero-order valence-electron chi connectivity index (χ0n) is 13.1. The Balaban J connectivity index is 1.62. The largest absolute Gasteiger partial charge is 0.494 e. The lowest BCUT2D eigenvalue weighted by Crippen LogP contribution is -2.03. The van der Waals surface area contributed by atoms with Gasteiger partial charge >= 0.3 is 5.97 Å². The van der Waals surface area contributed by atoms with Crippen LogP contribution in [0, 0.1) is 0 Å². The molecule has 0 fully saturated rings. The van der Waals surface area contributed by atoms with Gasteiger partial charge in [0.1, 0.15) is 11.5 Å². The number of aliphatic carboxylic acids is 1. The number of hydrogen-bond acceptors (Lipinski definition) is 3. The maximum Gasteiger partial charge on any atom is 0.303 e. The summed E-state index contributed by atoms with van der Waals surface area (Å²) in [7, 11) is 0. The van der Waals surface area contributed by atoms with Crippen molar-refractivity contribution in [2.24, 2.45) is 0 Å². The summed E-state index contributed by atoms with van der Waals surface area (Å²) in [5.74, 6) is 0.895. The van der Waals surface area contributed by atoms with Crippen LogP contribution in [-0.2, 0) is 11.2 Å². The Morgan fingerprint density at radius 3 is 2.22 bits per heavy atom. The van der Waals surface area contributed by atoms with E-state index in [9.17, 15) is 4.79 Å². The third-order valence-corrected chi connectivity index (χ3v) is 3.35. The number of carboxylic acids is 1. The molecule has 0 radical (unpaired) electrons. The molecule has 23 heavy (non-hydrogen) atoms. The van der Waals surface area contributed by atoms with E-state index in [1.165, 1.54) is 0 Å². The Hall–Kier alpha value is -2.49. The van der Waals surface area contributed by atoms with Crippen LogP contribution in [0.25, 0.3) is 0 Å². The lowest BCUT2D eigenvalue weighted by Gasteiger charge is -2.08. The Kier molecular flexibility index (Phi) is 6.98. The molecule has 0 bridgehead atoms. The number of aryl methyl sites for hydroxylation is 1. The van der Waals surface area contributed by atoms with Crippen LogP contribution in [0.5, 0.6) is 11.5 Å². The molecule has 0 aromatic heterocycles. The number of ether oxygens (including phenoxy) is 2. The summed E-state index contributed by atoms with van der Waals surface area (Å²) in [4.78, 5) is 10.6. The number of rotatable bonds is 10. The molecule has 0 aliphatic carbocycles. The Morgan fingerprint density at radius 2 is 1.52 bits per heavy atom. The fourth-order valence-electron chi connectivity index (χ4n) is 2.14. The molecule has 0 aliphatic rings. The van der Waals surface area contributed by atoms with E-state index in [1.807, 2.05) is 54.6 Å². The van der Waals surface area contributed by atoms with Gasteiger partial charge in [-0.15, -0.1) is 0 Å². The molecule has 0 saturated heterocycles. The summed E-state index contributed by atoms with van der Waals surface area (Å²) < 4.78 is 11.3. The van der Waals surface area contributed by atoms with E-state index in [0.717, 1.165) is 29.9 Å². The van der Waals surface area contributed by atoms with E-state index in [0.29, 0.717) is 19.6 Å². The standard InChI is InChI=1S/C19H22O4/c20-19(21)12-11-16-7-6-10-18(15-16)23-14-5-4-13-22-17-8-2-1-3-9-17/h1-3,6-10,15H,4-5,11-14H2,(H,20,21). The van der Waals surface area contributed by atoms with Crippen molar-refractivity contribution in [3.8, 4) is 11.5 Å². The fraction of sp³-hybridized carbons (Fsp3) is 0.316. The van der Waals surface area contributed by atoms with Gasteiger partial charge in [0.15, 0.2) is 0 Å². The second-order valence-corrected chi connectivity index (χ2v) is 5.26. The van der Waals surface area contributed by atoms with Gasteiger partial charge < -0.3 is 14.6 Å². The van der Waals surface area contributed by atoms with Crippen LogP contribution in [0.4, 0.5) is 0 Å². The van der Waals surface area contributed by atoms with Gasteiger partial charge in [0, 0.05) is 6.42 Å². The van der Waals surface area contributed by atoms with Gasteiger partial charge in [-0.2, -0.15) is 0 Å². The Morgan fingerprint density at radius 1 is 0.870 bits per heavy atom. The molecule has 0 amide bonds. The predicted octanol–water partition coefficient (Wildman–Crippen LogP) is 3.94. The Bertz CT molecular complexity index is 595. The van der Waals surface area contributed by atoms with Crippen LogP contribution in [0.1, 0.15) is 24.8 Å². The lowest BCUT2D eigenvalue weighted by atomic mass is 10.1. The second kappa shape index (κ2) is 9.51. The van der Waals surface area contributed by atoms with Crippen LogP contribution in [0.3, 0.4) is 0 Å². The van der Waals surface area contributed by atoms with Crippen molar-refractivity contribution in [2.45, 2.75) is 25.7 Å². The summed E-state index contributed by atoms with van der Waals surface area (Å²) in [6, 6.07) is 17.4. The van der Waals surface area contributed by atoms with Crippen molar-refractivity contribution >= 4 is 5.97 Å². The Labute approximate surface area is 136 Å². The second-order valence-electron chi connectivity index (χ2n) is 5.26. The predicted molar refractivity (Wildman–Crippen MR) is 89.1 cm³/mol. The molecule has 4 heteroatoms. The minimum Gasteiger partial charge on any atom is -0.494 e. The van der Waals surface area contributed by atoms with Crippen molar-refractivity contribution in [2.75, 3.05) is 13.2 Å². The summed E-state index contributed by atoms with van der Waals surface area (Å²) in [6.07, 6.45) is 2.50. The van der Waals surface area contributed by atoms with Crippen molar-refractivity contribution in [1.29, 1.82) is 0 Å². The zero-order valence-corrected chi connectivity index (χ0v) is 13.1.